The molecule has 0 amide bonds. The van der Waals surface area contributed by atoms with Gasteiger partial charge in [-0.05, 0) is 18.6 Å². The Morgan fingerprint density at radius 2 is 1.75 bits per heavy atom. The molecule has 0 N–H and O–H groups in total. The first-order valence-electron chi connectivity index (χ1n) is 7.76. The van der Waals surface area contributed by atoms with Crippen molar-refractivity contribution < 1.29 is 32.5 Å². The van der Waals surface area contributed by atoms with Crippen LogP contribution < -0.4 is 0 Å². The van der Waals surface area contributed by atoms with Crippen molar-refractivity contribution in [3.8, 4) is 0 Å². The van der Waals surface area contributed by atoms with Gasteiger partial charge in [0, 0.05) is 33.0 Å². The van der Waals surface area contributed by atoms with E-state index in [9.17, 15) is 8.78 Å². The third kappa shape index (κ3) is 4.10. The Balaban J connectivity index is 2.31. The van der Waals surface area contributed by atoms with Crippen molar-refractivity contribution in [2.24, 2.45) is 0 Å². The number of benzene rings is 1. The second-order valence-corrected chi connectivity index (χ2v) is 5.70. The fourth-order valence-corrected chi connectivity index (χ4v) is 2.91. The van der Waals surface area contributed by atoms with Crippen molar-refractivity contribution >= 4 is 0 Å². The fraction of sp³-hybridized carbons (Fsp3) is 0.647. The van der Waals surface area contributed by atoms with Gasteiger partial charge in [0.25, 0.3) is 0 Å². The quantitative estimate of drug-likeness (QED) is 0.677. The van der Waals surface area contributed by atoms with Crippen molar-refractivity contribution in [2.75, 3.05) is 41.2 Å². The number of methoxy groups -OCH3 is 3. The van der Waals surface area contributed by atoms with Crippen molar-refractivity contribution in [1.29, 1.82) is 0 Å². The van der Waals surface area contributed by atoms with E-state index in [0.717, 1.165) is 6.07 Å². The van der Waals surface area contributed by atoms with Gasteiger partial charge in [-0.2, -0.15) is 0 Å². The third-order valence-corrected chi connectivity index (χ3v) is 4.10. The number of hydrogen-bond acceptors (Lipinski definition) is 5. The van der Waals surface area contributed by atoms with Crippen LogP contribution in [0.2, 0.25) is 0 Å². The van der Waals surface area contributed by atoms with Gasteiger partial charge in [0.1, 0.15) is 36.1 Å². The van der Waals surface area contributed by atoms with Crippen molar-refractivity contribution in [1.82, 2.24) is 0 Å². The molecule has 2 rings (SSSR count). The lowest BCUT2D eigenvalue weighted by Gasteiger charge is -2.24. The summed E-state index contributed by atoms with van der Waals surface area (Å²) in [6.45, 7) is 2.55. The van der Waals surface area contributed by atoms with Crippen LogP contribution in [0, 0.1) is 18.6 Å². The molecule has 0 aromatic heterocycles. The minimum atomic E-state index is -0.716. The first kappa shape index (κ1) is 19.2. The van der Waals surface area contributed by atoms with Crippen LogP contribution in [0.4, 0.5) is 8.78 Å². The number of aryl methyl sites for hydroxylation is 1. The Morgan fingerprint density at radius 3 is 2.38 bits per heavy atom. The summed E-state index contributed by atoms with van der Waals surface area (Å²) in [5.41, 5.74) is 0.590. The molecule has 0 spiro atoms. The van der Waals surface area contributed by atoms with E-state index in [4.69, 9.17) is 23.7 Å². The Labute approximate surface area is 140 Å². The van der Waals surface area contributed by atoms with Crippen LogP contribution in [0.25, 0.3) is 0 Å². The summed E-state index contributed by atoms with van der Waals surface area (Å²) < 4.78 is 55.3. The maximum atomic E-state index is 14.3. The van der Waals surface area contributed by atoms with Gasteiger partial charge in [-0.15, -0.1) is 0 Å². The molecule has 4 atom stereocenters. The predicted octanol–water partition coefficient (Wildman–Crippen LogP) is 2.41. The van der Waals surface area contributed by atoms with Crippen LogP contribution in [0.1, 0.15) is 17.2 Å². The summed E-state index contributed by atoms with van der Waals surface area (Å²) in [7, 11) is 4.65. The molecule has 24 heavy (non-hydrogen) atoms. The second-order valence-electron chi connectivity index (χ2n) is 5.70. The average molecular weight is 346 g/mol. The van der Waals surface area contributed by atoms with Gasteiger partial charge in [0.05, 0.1) is 19.8 Å². The zero-order valence-corrected chi connectivity index (χ0v) is 14.4. The van der Waals surface area contributed by atoms with E-state index in [1.54, 1.807) is 21.1 Å². The molecule has 1 aliphatic rings. The second kappa shape index (κ2) is 8.82. The molecule has 1 aromatic rings. The minimum absolute atomic E-state index is 0.247. The highest BCUT2D eigenvalue weighted by Gasteiger charge is 2.47. The van der Waals surface area contributed by atoms with Gasteiger partial charge in [-0.1, -0.05) is 0 Å². The lowest BCUT2D eigenvalue weighted by atomic mass is 9.99. The fourth-order valence-electron chi connectivity index (χ4n) is 2.91. The summed E-state index contributed by atoms with van der Waals surface area (Å²) in [6.07, 6.45) is -2.12. The van der Waals surface area contributed by atoms with E-state index >= 15 is 0 Å². The largest absolute Gasteiger partial charge is 0.382 e. The Bertz CT molecular complexity index is 540. The van der Waals surface area contributed by atoms with Crippen molar-refractivity contribution in [3.05, 3.63) is 34.9 Å². The SMILES string of the molecule is COCCOC1C(OC)[C@@H](COC)O[C@H]1c1cc(C)c(F)cc1F. The standard InChI is InChI=1S/C17H24F2O5/c1-10-7-11(13(19)8-12(10)18)15-17(23-6-5-20-2)16(22-4)14(24-15)9-21-3/h7-8,14-17H,5-6,9H2,1-4H3/t14-,15+,16?,17?/m1/s1. The summed E-state index contributed by atoms with van der Waals surface area (Å²) in [6, 6.07) is 2.32. The zero-order chi connectivity index (χ0) is 17.7. The van der Waals surface area contributed by atoms with E-state index in [-0.39, 0.29) is 12.2 Å². The lowest BCUT2D eigenvalue weighted by Crippen LogP contribution is -2.37. The van der Waals surface area contributed by atoms with E-state index in [1.165, 1.54) is 13.2 Å². The van der Waals surface area contributed by atoms with E-state index in [0.29, 0.717) is 18.8 Å². The number of hydrogen-bond donors (Lipinski definition) is 0. The van der Waals surface area contributed by atoms with Crippen LogP contribution >= 0.6 is 0 Å². The Kier molecular flexibility index (Phi) is 7.06. The average Bonchev–Trinajstić information content (AvgIpc) is 2.89. The van der Waals surface area contributed by atoms with Crippen LogP contribution in [-0.2, 0) is 23.7 Å². The number of halogens is 2. The zero-order valence-electron chi connectivity index (χ0n) is 14.4. The monoisotopic (exact) mass is 346 g/mol. The van der Waals surface area contributed by atoms with Gasteiger partial charge in [-0.3, -0.25) is 0 Å². The van der Waals surface area contributed by atoms with Gasteiger partial charge in [-0.25, -0.2) is 8.78 Å². The lowest BCUT2D eigenvalue weighted by molar-refractivity contribution is -0.0660. The minimum Gasteiger partial charge on any atom is -0.382 e. The van der Waals surface area contributed by atoms with Crippen molar-refractivity contribution in [3.63, 3.8) is 0 Å². The topological polar surface area (TPSA) is 46.2 Å². The van der Waals surface area contributed by atoms with E-state index in [1.807, 2.05) is 0 Å². The summed E-state index contributed by atoms with van der Waals surface area (Å²) in [5.74, 6) is -1.26. The first-order valence-corrected chi connectivity index (χ1v) is 7.76. The third-order valence-electron chi connectivity index (χ3n) is 4.10. The molecule has 0 radical (unpaired) electrons. The molecule has 1 aromatic carbocycles. The molecule has 2 unspecified atom stereocenters. The molecule has 136 valence electrons. The van der Waals surface area contributed by atoms with Gasteiger partial charge < -0.3 is 23.7 Å². The number of ether oxygens (including phenoxy) is 5. The van der Waals surface area contributed by atoms with Crippen molar-refractivity contribution in [2.45, 2.75) is 31.3 Å². The van der Waals surface area contributed by atoms with Crippen LogP contribution in [-0.4, -0.2) is 59.5 Å². The maximum Gasteiger partial charge on any atom is 0.132 e. The summed E-state index contributed by atoms with van der Waals surface area (Å²) >= 11 is 0. The summed E-state index contributed by atoms with van der Waals surface area (Å²) in [4.78, 5) is 0. The Hall–Kier alpha value is -1.12. The van der Waals surface area contributed by atoms with Crippen LogP contribution in [0.5, 0.6) is 0 Å². The highest BCUT2D eigenvalue weighted by Crippen LogP contribution is 2.38. The molecular formula is C17H24F2O5. The summed E-state index contributed by atoms with van der Waals surface area (Å²) in [5, 5.41) is 0. The van der Waals surface area contributed by atoms with E-state index < -0.39 is 36.1 Å². The number of rotatable bonds is 8. The molecule has 1 heterocycles. The highest BCUT2D eigenvalue weighted by atomic mass is 19.1. The van der Waals surface area contributed by atoms with Gasteiger partial charge in [0.2, 0.25) is 0 Å². The van der Waals surface area contributed by atoms with E-state index in [2.05, 4.69) is 0 Å². The van der Waals surface area contributed by atoms with Gasteiger partial charge >= 0.3 is 0 Å². The highest BCUT2D eigenvalue weighted by molar-refractivity contribution is 5.29. The molecule has 0 aliphatic carbocycles. The maximum absolute atomic E-state index is 14.3. The molecule has 1 saturated heterocycles. The molecule has 5 nitrogen and oxygen atoms in total. The molecule has 7 heteroatoms. The van der Waals surface area contributed by atoms with Gasteiger partial charge in [0.15, 0.2) is 0 Å². The smallest absolute Gasteiger partial charge is 0.132 e. The van der Waals surface area contributed by atoms with Crippen LogP contribution in [0.15, 0.2) is 12.1 Å². The normalized spacial score (nSPS) is 26.9. The molecule has 1 aliphatic heterocycles. The Morgan fingerprint density at radius 1 is 1.00 bits per heavy atom. The molecule has 0 bridgehead atoms. The molecule has 0 saturated carbocycles. The molecule has 1 fully saturated rings. The van der Waals surface area contributed by atoms with Crippen LogP contribution in [0.3, 0.4) is 0 Å². The first-order chi connectivity index (χ1) is 11.5. The predicted molar refractivity (Wildman–Crippen MR) is 83.0 cm³/mol. The molecular weight excluding hydrogens is 322 g/mol.